The maximum atomic E-state index is 10.4. The highest BCUT2D eigenvalue weighted by Gasteiger charge is 2.40. The van der Waals surface area contributed by atoms with Crippen molar-refractivity contribution in [3.63, 3.8) is 0 Å². The Morgan fingerprint density at radius 3 is 3.07 bits per heavy atom. The maximum absolute atomic E-state index is 10.4. The number of rotatable bonds is 4. The molecule has 76 valence electrons. The van der Waals surface area contributed by atoms with Crippen molar-refractivity contribution < 1.29 is 9.90 Å². The van der Waals surface area contributed by atoms with Gasteiger partial charge in [-0.3, -0.25) is 4.79 Å². The van der Waals surface area contributed by atoms with Crippen molar-refractivity contribution in [2.24, 2.45) is 0 Å². The standard InChI is InChI=1S/C8H11N3O2S/c1-8(2-3-8)11-5-9-10-7(11)14-4-6(12)13/h5H,2-4H2,1H3,(H,12,13). The number of thioether (sulfide) groups is 1. The van der Waals surface area contributed by atoms with Crippen LogP contribution in [0.3, 0.4) is 0 Å². The minimum absolute atomic E-state index is 0.0365. The molecule has 5 nitrogen and oxygen atoms in total. The summed E-state index contributed by atoms with van der Waals surface area (Å²) < 4.78 is 1.97. The normalized spacial score (nSPS) is 18.1. The van der Waals surface area contributed by atoms with E-state index in [2.05, 4.69) is 17.1 Å². The van der Waals surface area contributed by atoms with Crippen LogP contribution in [-0.2, 0) is 10.3 Å². The molecule has 0 aliphatic heterocycles. The third kappa shape index (κ3) is 1.75. The Balaban J connectivity index is 2.10. The summed E-state index contributed by atoms with van der Waals surface area (Å²) >= 11 is 1.22. The number of carboxylic acid groups (broad SMARTS) is 1. The van der Waals surface area contributed by atoms with E-state index in [0.29, 0.717) is 5.16 Å². The number of carboxylic acids is 1. The van der Waals surface area contributed by atoms with Crippen molar-refractivity contribution in [1.29, 1.82) is 0 Å². The van der Waals surface area contributed by atoms with Crippen molar-refractivity contribution in [1.82, 2.24) is 14.8 Å². The van der Waals surface area contributed by atoms with Crippen LogP contribution in [0.5, 0.6) is 0 Å². The van der Waals surface area contributed by atoms with Crippen LogP contribution in [0.25, 0.3) is 0 Å². The summed E-state index contributed by atoms with van der Waals surface area (Å²) in [6.07, 6.45) is 3.91. The number of aliphatic carboxylic acids is 1. The topological polar surface area (TPSA) is 68.0 Å². The number of carbonyl (C=O) groups is 1. The van der Waals surface area contributed by atoms with E-state index in [1.165, 1.54) is 11.8 Å². The molecular weight excluding hydrogens is 202 g/mol. The molecule has 0 saturated heterocycles. The molecule has 1 aliphatic carbocycles. The highest BCUT2D eigenvalue weighted by Crippen LogP contribution is 2.44. The molecule has 1 aromatic heterocycles. The Hall–Kier alpha value is -1.04. The fourth-order valence-electron chi connectivity index (χ4n) is 1.24. The van der Waals surface area contributed by atoms with Gasteiger partial charge < -0.3 is 9.67 Å². The molecule has 0 atom stereocenters. The van der Waals surface area contributed by atoms with E-state index >= 15 is 0 Å². The molecule has 1 aliphatic rings. The number of hydrogen-bond donors (Lipinski definition) is 1. The molecule has 2 rings (SSSR count). The van der Waals surface area contributed by atoms with Crippen molar-refractivity contribution in [2.45, 2.75) is 30.5 Å². The van der Waals surface area contributed by atoms with Gasteiger partial charge in [0.1, 0.15) is 6.33 Å². The summed E-state index contributed by atoms with van der Waals surface area (Å²) in [5, 5.41) is 17.0. The predicted molar refractivity (Wildman–Crippen MR) is 51.3 cm³/mol. The minimum Gasteiger partial charge on any atom is -0.481 e. The molecule has 0 aromatic carbocycles. The van der Waals surface area contributed by atoms with E-state index in [-0.39, 0.29) is 11.3 Å². The molecule has 0 radical (unpaired) electrons. The van der Waals surface area contributed by atoms with Gasteiger partial charge in [-0.25, -0.2) is 0 Å². The Bertz CT molecular complexity index is 359. The molecule has 1 aromatic rings. The highest BCUT2D eigenvalue weighted by atomic mass is 32.2. The van der Waals surface area contributed by atoms with Crippen molar-refractivity contribution in [3.05, 3.63) is 6.33 Å². The second-order valence-electron chi connectivity index (χ2n) is 3.66. The number of nitrogens with zero attached hydrogens (tertiary/aromatic N) is 3. The van der Waals surface area contributed by atoms with E-state index in [4.69, 9.17) is 5.11 Å². The lowest BCUT2D eigenvalue weighted by Gasteiger charge is -2.11. The summed E-state index contributed by atoms with van der Waals surface area (Å²) in [6, 6.07) is 0. The summed E-state index contributed by atoms with van der Waals surface area (Å²) in [5.74, 6) is -0.792. The quantitative estimate of drug-likeness (QED) is 0.754. The van der Waals surface area contributed by atoms with Crippen LogP contribution < -0.4 is 0 Å². The smallest absolute Gasteiger partial charge is 0.313 e. The van der Waals surface area contributed by atoms with Gasteiger partial charge in [-0.2, -0.15) is 0 Å². The molecule has 1 heterocycles. The Morgan fingerprint density at radius 1 is 1.79 bits per heavy atom. The van der Waals surface area contributed by atoms with Gasteiger partial charge in [0.25, 0.3) is 0 Å². The summed E-state index contributed by atoms with van der Waals surface area (Å²) in [4.78, 5) is 10.4. The van der Waals surface area contributed by atoms with Gasteiger partial charge in [-0.1, -0.05) is 11.8 Å². The zero-order chi connectivity index (χ0) is 10.2. The minimum atomic E-state index is -0.828. The van der Waals surface area contributed by atoms with Crippen molar-refractivity contribution in [2.75, 3.05) is 5.75 Å². The molecule has 1 saturated carbocycles. The molecule has 0 spiro atoms. The summed E-state index contributed by atoms with van der Waals surface area (Å²) in [5.41, 5.74) is 0.129. The van der Waals surface area contributed by atoms with Gasteiger partial charge in [-0.05, 0) is 19.8 Å². The molecule has 1 N–H and O–H groups in total. The largest absolute Gasteiger partial charge is 0.481 e. The van der Waals surface area contributed by atoms with E-state index in [0.717, 1.165) is 12.8 Å². The second kappa shape index (κ2) is 3.27. The highest BCUT2D eigenvalue weighted by molar-refractivity contribution is 7.99. The van der Waals surface area contributed by atoms with Gasteiger partial charge in [-0.15, -0.1) is 10.2 Å². The Kier molecular flexibility index (Phi) is 2.22. The molecule has 0 amide bonds. The first-order valence-electron chi connectivity index (χ1n) is 4.37. The fourth-order valence-corrected chi connectivity index (χ4v) is 2.01. The summed E-state index contributed by atoms with van der Waals surface area (Å²) in [6.45, 7) is 2.13. The molecule has 0 unspecified atom stereocenters. The van der Waals surface area contributed by atoms with Crippen LogP contribution in [0.15, 0.2) is 11.5 Å². The number of aromatic nitrogens is 3. The number of hydrogen-bond acceptors (Lipinski definition) is 4. The lowest BCUT2D eigenvalue weighted by atomic mass is 10.3. The van der Waals surface area contributed by atoms with Crippen LogP contribution in [0.4, 0.5) is 0 Å². The lowest BCUT2D eigenvalue weighted by molar-refractivity contribution is -0.133. The van der Waals surface area contributed by atoms with Crippen LogP contribution >= 0.6 is 11.8 Å². The van der Waals surface area contributed by atoms with Crippen LogP contribution in [0, 0.1) is 0 Å². The van der Waals surface area contributed by atoms with E-state index in [1.54, 1.807) is 6.33 Å². The van der Waals surface area contributed by atoms with E-state index < -0.39 is 5.97 Å². The van der Waals surface area contributed by atoms with Crippen LogP contribution in [0.1, 0.15) is 19.8 Å². The van der Waals surface area contributed by atoms with Gasteiger partial charge >= 0.3 is 5.97 Å². The fraction of sp³-hybridized carbons (Fsp3) is 0.625. The van der Waals surface area contributed by atoms with Gasteiger partial charge in [0.15, 0.2) is 5.16 Å². The second-order valence-corrected chi connectivity index (χ2v) is 4.61. The van der Waals surface area contributed by atoms with Gasteiger partial charge in [0.2, 0.25) is 0 Å². The van der Waals surface area contributed by atoms with E-state index in [1.807, 2.05) is 4.57 Å². The molecule has 0 bridgehead atoms. The first kappa shape index (κ1) is 9.51. The zero-order valence-electron chi connectivity index (χ0n) is 7.80. The monoisotopic (exact) mass is 213 g/mol. The third-order valence-corrected chi connectivity index (χ3v) is 3.32. The SMILES string of the molecule is CC1(n2cnnc2SCC(=O)O)CC1. The predicted octanol–water partition coefficient (Wildman–Crippen LogP) is 0.964. The Labute approximate surface area is 85.5 Å². The van der Waals surface area contributed by atoms with Crippen molar-refractivity contribution in [3.8, 4) is 0 Å². The first-order valence-corrected chi connectivity index (χ1v) is 5.35. The summed E-state index contributed by atoms with van der Waals surface area (Å²) in [7, 11) is 0. The van der Waals surface area contributed by atoms with Crippen molar-refractivity contribution >= 4 is 17.7 Å². The molecule has 1 fully saturated rings. The van der Waals surface area contributed by atoms with Gasteiger partial charge in [0, 0.05) is 5.54 Å². The van der Waals surface area contributed by atoms with Crippen LogP contribution in [-0.4, -0.2) is 31.6 Å². The van der Waals surface area contributed by atoms with Gasteiger partial charge in [0.05, 0.1) is 5.75 Å². The average Bonchev–Trinajstić information content (AvgIpc) is 2.70. The zero-order valence-corrected chi connectivity index (χ0v) is 8.62. The molecular formula is C8H11N3O2S. The molecule has 14 heavy (non-hydrogen) atoms. The average molecular weight is 213 g/mol. The van der Waals surface area contributed by atoms with E-state index in [9.17, 15) is 4.79 Å². The first-order chi connectivity index (χ1) is 6.62. The maximum Gasteiger partial charge on any atom is 0.313 e. The van der Waals surface area contributed by atoms with Crippen LogP contribution in [0.2, 0.25) is 0 Å². The molecule has 6 heteroatoms. The third-order valence-electron chi connectivity index (χ3n) is 2.40. The lowest BCUT2D eigenvalue weighted by Crippen LogP contribution is -2.13. The Morgan fingerprint density at radius 2 is 2.50 bits per heavy atom.